The van der Waals surface area contributed by atoms with E-state index in [-0.39, 0.29) is 0 Å². The zero-order valence-corrected chi connectivity index (χ0v) is 12.2. The molecule has 15 heavy (non-hydrogen) atoms. The molecule has 2 heteroatoms. The average molecular weight is 226 g/mol. The monoisotopic (exact) mass is 226 g/mol. The molecule has 0 aliphatic heterocycles. The van der Waals surface area contributed by atoms with Gasteiger partial charge in [0.05, 0.1) is 6.61 Å². The van der Waals surface area contributed by atoms with Gasteiger partial charge in [-0.05, 0) is 43.8 Å². The molecule has 1 aliphatic rings. The maximum Gasteiger partial charge on any atom is 0.192 e. The molecule has 0 aromatic rings. The summed E-state index contributed by atoms with van der Waals surface area (Å²) in [7, 11) is -1.53. The fraction of sp³-hybridized carbons (Fsp3) is 0.846. The quantitative estimate of drug-likeness (QED) is 0.511. The molecule has 0 atom stereocenters. The third kappa shape index (κ3) is 3.76. The number of hydrogen-bond acceptors (Lipinski definition) is 1. The van der Waals surface area contributed by atoms with Crippen LogP contribution in [-0.4, -0.2) is 14.9 Å². The van der Waals surface area contributed by atoms with Gasteiger partial charge in [-0.25, -0.2) is 0 Å². The molecule has 1 saturated carbocycles. The van der Waals surface area contributed by atoms with E-state index in [0.717, 1.165) is 12.5 Å². The average Bonchev–Trinajstić information content (AvgIpc) is 2.83. The topological polar surface area (TPSA) is 9.23 Å². The van der Waals surface area contributed by atoms with Gasteiger partial charge in [0.15, 0.2) is 8.32 Å². The SMILES string of the molecule is C/C(=C\CO[Si](C)(C)C(C)(C)C)C1CC1. The van der Waals surface area contributed by atoms with Gasteiger partial charge in [0.2, 0.25) is 0 Å². The van der Waals surface area contributed by atoms with Gasteiger partial charge in [0.1, 0.15) is 0 Å². The predicted molar refractivity (Wildman–Crippen MR) is 69.6 cm³/mol. The molecule has 0 saturated heterocycles. The van der Waals surface area contributed by atoms with Crippen molar-refractivity contribution in [1.82, 2.24) is 0 Å². The van der Waals surface area contributed by atoms with Crippen molar-refractivity contribution in [1.29, 1.82) is 0 Å². The Morgan fingerprint density at radius 1 is 1.33 bits per heavy atom. The van der Waals surface area contributed by atoms with E-state index in [4.69, 9.17) is 4.43 Å². The maximum absolute atomic E-state index is 6.10. The first kappa shape index (κ1) is 13.0. The zero-order chi connectivity index (χ0) is 11.7. The Hall–Kier alpha value is -0.0831. The van der Waals surface area contributed by atoms with Crippen LogP contribution in [0, 0.1) is 5.92 Å². The van der Waals surface area contributed by atoms with Gasteiger partial charge in [-0.3, -0.25) is 0 Å². The molecule has 0 radical (unpaired) electrons. The largest absolute Gasteiger partial charge is 0.413 e. The van der Waals surface area contributed by atoms with Crippen LogP contribution in [0.3, 0.4) is 0 Å². The lowest BCUT2D eigenvalue weighted by molar-refractivity contribution is 0.327. The van der Waals surface area contributed by atoms with E-state index in [1.165, 1.54) is 18.4 Å². The summed E-state index contributed by atoms with van der Waals surface area (Å²) >= 11 is 0. The van der Waals surface area contributed by atoms with E-state index >= 15 is 0 Å². The Labute approximate surface area is 96.0 Å². The molecule has 0 aromatic heterocycles. The normalized spacial score (nSPS) is 19.5. The second-order valence-electron chi connectivity index (χ2n) is 6.29. The molecular weight excluding hydrogens is 200 g/mol. The van der Waals surface area contributed by atoms with Crippen LogP contribution < -0.4 is 0 Å². The molecule has 0 amide bonds. The number of allylic oxidation sites excluding steroid dienone is 1. The second-order valence-corrected chi connectivity index (χ2v) is 11.1. The molecule has 1 fully saturated rings. The van der Waals surface area contributed by atoms with Crippen LogP contribution in [-0.2, 0) is 4.43 Å². The number of rotatable bonds is 4. The van der Waals surface area contributed by atoms with E-state index in [1.807, 2.05) is 0 Å². The van der Waals surface area contributed by atoms with Crippen LogP contribution >= 0.6 is 0 Å². The van der Waals surface area contributed by atoms with Crippen LogP contribution in [0.5, 0.6) is 0 Å². The third-order valence-corrected chi connectivity index (χ3v) is 8.38. The summed E-state index contributed by atoms with van der Waals surface area (Å²) in [6.07, 6.45) is 5.07. The highest BCUT2D eigenvalue weighted by molar-refractivity contribution is 6.74. The highest BCUT2D eigenvalue weighted by Crippen LogP contribution is 2.38. The van der Waals surface area contributed by atoms with E-state index in [9.17, 15) is 0 Å². The van der Waals surface area contributed by atoms with Gasteiger partial charge in [0, 0.05) is 0 Å². The zero-order valence-electron chi connectivity index (χ0n) is 11.2. The minimum atomic E-state index is -1.53. The molecule has 0 aromatic carbocycles. The standard InChI is InChI=1S/C13H26OSi/c1-11(12-7-8-12)9-10-14-15(5,6)13(2,3)4/h9,12H,7-8,10H2,1-6H3/b11-9+. The molecule has 0 N–H and O–H groups in total. The van der Waals surface area contributed by atoms with E-state index in [0.29, 0.717) is 5.04 Å². The van der Waals surface area contributed by atoms with Gasteiger partial charge in [-0.2, -0.15) is 0 Å². The van der Waals surface area contributed by atoms with E-state index < -0.39 is 8.32 Å². The summed E-state index contributed by atoms with van der Waals surface area (Å²) in [5.74, 6) is 0.882. The Bertz CT molecular complexity index is 244. The van der Waals surface area contributed by atoms with Crippen molar-refractivity contribution in [2.45, 2.75) is 58.7 Å². The first-order chi connectivity index (χ1) is 6.74. The maximum atomic E-state index is 6.10. The van der Waals surface area contributed by atoms with Gasteiger partial charge < -0.3 is 4.43 Å². The molecular formula is C13H26OSi. The molecule has 0 bridgehead atoms. The van der Waals surface area contributed by atoms with Crippen molar-refractivity contribution in [3.8, 4) is 0 Å². The summed E-state index contributed by atoms with van der Waals surface area (Å²) in [5, 5.41) is 0.328. The van der Waals surface area contributed by atoms with Crippen molar-refractivity contribution >= 4 is 8.32 Å². The van der Waals surface area contributed by atoms with E-state index in [2.05, 4.69) is 46.9 Å². The molecule has 88 valence electrons. The molecule has 1 aliphatic carbocycles. The van der Waals surface area contributed by atoms with Crippen molar-refractivity contribution in [2.75, 3.05) is 6.61 Å². The molecule has 0 spiro atoms. The van der Waals surface area contributed by atoms with Crippen molar-refractivity contribution in [2.24, 2.45) is 5.92 Å². The lowest BCUT2D eigenvalue weighted by atomic mass is 10.2. The van der Waals surface area contributed by atoms with Crippen molar-refractivity contribution in [3.63, 3.8) is 0 Å². The first-order valence-corrected chi connectivity index (χ1v) is 8.95. The smallest absolute Gasteiger partial charge is 0.192 e. The van der Waals surface area contributed by atoms with Crippen LogP contribution in [0.1, 0.15) is 40.5 Å². The minimum Gasteiger partial charge on any atom is -0.413 e. The summed E-state index contributed by atoms with van der Waals surface area (Å²) in [6, 6.07) is 0. The van der Waals surface area contributed by atoms with E-state index in [1.54, 1.807) is 0 Å². The third-order valence-electron chi connectivity index (χ3n) is 3.88. The van der Waals surface area contributed by atoms with Crippen LogP contribution in [0.4, 0.5) is 0 Å². The van der Waals surface area contributed by atoms with Gasteiger partial charge in [-0.15, -0.1) is 0 Å². The lowest BCUT2D eigenvalue weighted by Crippen LogP contribution is -2.40. The van der Waals surface area contributed by atoms with Crippen molar-refractivity contribution in [3.05, 3.63) is 11.6 Å². The van der Waals surface area contributed by atoms with Crippen LogP contribution in [0.25, 0.3) is 0 Å². The highest BCUT2D eigenvalue weighted by atomic mass is 28.4. The Kier molecular flexibility index (Phi) is 3.83. The summed E-state index contributed by atoms with van der Waals surface area (Å²) in [6.45, 7) is 14.6. The fourth-order valence-corrected chi connectivity index (χ4v) is 2.24. The Balaban J connectivity index is 2.39. The molecule has 1 nitrogen and oxygen atoms in total. The van der Waals surface area contributed by atoms with Crippen LogP contribution in [0.15, 0.2) is 11.6 Å². The van der Waals surface area contributed by atoms with Crippen molar-refractivity contribution < 1.29 is 4.43 Å². The summed E-state index contributed by atoms with van der Waals surface area (Å²) < 4.78 is 6.10. The predicted octanol–water partition coefficient (Wildman–Crippen LogP) is 4.36. The van der Waals surface area contributed by atoms with Gasteiger partial charge >= 0.3 is 0 Å². The Morgan fingerprint density at radius 2 is 1.87 bits per heavy atom. The summed E-state index contributed by atoms with van der Waals surface area (Å²) in [5.41, 5.74) is 1.54. The highest BCUT2D eigenvalue weighted by Gasteiger charge is 2.36. The molecule has 0 heterocycles. The van der Waals surface area contributed by atoms with Gasteiger partial charge in [-0.1, -0.05) is 32.4 Å². The molecule has 0 unspecified atom stereocenters. The lowest BCUT2D eigenvalue weighted by Gasteiger charge is -2.35. The summed E-state index contributed by atoms with van der Waals surface area (Å²) in [4.78, 5) is 0. The second kappa shape index (κ2) is 4.42. The number of hydrogen-bond donors (Lipinski definition) is 0. The fourth-order valence-electron chi connectivity index (χ4n) is 1.30. The Morgan fingerprint density at radius 3 is 2.27 bits per heavy atom. The van der Waals surface area contributed by atoms with Crippen LogP contribution in [0.2, 0.25) is 18.1 Å². The molecule has 1 rings (SSSR count). The minimum absolute atomic E-state index is 0.328. The van der Waals surface area contributed by atoms with Gasteiger partial charge in [0.25, 0.3) is 0 Å². The first-order valence-electron chi connectivity index (χ1n) is 6.04.